The third kappa shape index (κ3) is 5.22. The Morgan fingerprint density at radius 3 is 2.74 bits per heavy atom. The second kappa shape index (κ2) is 9.99. The number of halogens is 1. The number of carbonyl (C=O) groups excluding carboxylic acids is 1. The van der Waals surface area contributed by atoms with E-state index < -0.39 is 5.82 Å². The van der Waals surface area contributed by atoms with Crippen molar-refractivity contribution in [2.75, 3.05) is 24.5 Å². The van der Waals surface area contributed by atoms with E-state index in [1.807, 2.05) is 47.4 Å². The van der Waals surface area contributed by atoms with Gasteiger partial charge in [0.2, 0.25) is 5.91 Å². The maximum Gasteiger partial charge on any atom is 0.318 e. The summed E-state index contributed by atoms with van der Waals surface area (Å²) in [6.45, 7) is 2.49. The average Bonchev–Trinajstić information content (AvgIpc) is 3.31. The van der Waals surface area contributed by atoms with Gasteiger partial charge in [0.25, 0.3) is 0 Å². The van der Waals surface area contributed by atoms with Gasteiger partial charge < -0.3 is 15.0 Å². The van der Waals surface area contributed by atoms with Gasteiger partial charge in [0.15, 0.2) is 11.6 Å². The van der Waals surface area contributed by atoms with E-state index in [2.05, 4.69) is 20.3 Å². The number of nitrogens with one attached hydrogen (secondary N) is 1. The molecule has 2 aromatic heterocycles. The van der Waals surface area contributed by atoms with Crippen LogP contribution >= 0.6 is 0 Å². The second-order valence-corrected chi connectivity index (χ2v) is 8.69. The Morgan fingerprint density at radius 1 is 1.15 bits per heavy atom. The number of amides is 1. The van der Waals surface area contributed by atoms with Crippen LogP contribution in [-0.4, -0.2) is 40.5 Å². The van der Waals surface area contributed by atoms with Crippen LogP contribution in [0.25, 0.3) is 6.08 Å². The van der Waals surface area contributed by atoms with Gasteiger partial charge in [-0.3, -0.25) is 9.78 Å². The van der Waals surface area contributed by atoms with Crippen molar-refractivity contribution in [2.45, 2.75) is 13.0 Å². The summed E-state index contributed by atoms with van der Waals surface area (Å²) in [6.07, 6.45) is 8.79. The summed E-state index contributed by atoms with van der Waals surface area (Å²) in [6, 6.07) is 13.6. The standard InChI is InChI=1S/C26H26FN5O2/c27-23-14-30-26(34-17-19-5-2-1-3-6-19)31-25(23)32-15-21-20(22(21)16-32)10-12-29-24(33)9-8-18-7-4-11-28-13-18/h1-9,11,13-14,20-22H,10,12,15-17H2,(H,29,33)/b9-8+/t20?,21-,22+. The average molecular weight is 460 g/mol. The van der Waals surface area contributed by atoms with E-state index in [4.69, 9.17) is 4.74 Å². The molecule has 1 saturated carbocycles. The molecule has 8 heteroatoms. The van der Waals surface area contributed by atoms with Gasteiger partial charge in [-0.25, -0.2) is 9.37 Å². The number of fused-ring (bicyclic) bond motifs is 1. The molecule has 1 aromatic carbocycles. The van der Waals surface area contributed by atoms with Gasteiger partial charge in [0.05, 0.1) is 6.20 Å². The predicted octanol–water partition coefficient (Wildman–Crippen LogP) is 3.49. The van der Waals surface area contributed by atoms with Crippen LogP contribution in [0.1, 0.15) is 17.5 Å². The van der Waals surface area contributed by atoms with Crippen LogP contribution in [0.4, 0.5) is 10.2 Å². The van der Waals surface area contributed by atoms with Gasteiger partial charge in [-0.2, -0.15) is 4.98 Å². The first-order valence-corrected chi connectivity index (χ1v) is 11.5. The Hall–Kier alpha value is -3.81. The number of rotatable bonds is 9. The number of benzene rings is 1. The molecule has 3 atom stereocenters. The number of carbonyl (C=O) groups is 1. The highest BCUT2D eigenvalue weighted by molar-refractivity contribution is 5.91. The molecule has 2 aliphatic rings. The summed E-state index contributed by atoms with van der Waals surface area (Å²) in [5, 5.41) is 2.94. The minimum atomic E-state index is -0.433. The largest absolute Gasteiger partial charge is 0.459 e. The maximum absolute atomic E-state index is 14.4. The number of anilines is 1. The fraction of sp³-hybridized carbons (Fsp3) is 0.308. The molecule has 1 saturated heterocycles. The molecule has 1 aliphatic carbocycles. The van der Waals surface area contributed by atoms with Gasteiger partial charge in [0.1, 0.15) is 6.61 Å². The van der Waals surface area contributed by atoms with Crippen molar-refractivity contribution < 1.29 is 13.9 Å². The van der Waals surface area contributed by atoms with Crippen molar-refractivity contribution in [1.29, 1.82) is 0 Å². The van der Waals surface area contributed by atoms with Crippen LogP contribution in [0.3, 0.4) is 0 Å². The van der Waals surface area contributed by atoms with Crippen LogP contribution in [0.15, 0.2) is 67.1 Å². The van der Waals surface area contributed by atoms with E-state index in [0.29, 0.717) is 36.7 Å². The lowest BCUT2D eigenvalue weighted by Crippen LogP contribution is -2.28. The molecule has 0 bridgehead atoms. The van der Waals surface area contributed by atoms with Crippen LogP contribution in [0.5, 0.6) is 6.01 Å². The molecule has 0 radical (unpaired) electrons. The van der Waals surface area contributed by atoms with Crippen molar-refractivity contribution >= 4 is 17.8 Å². The van der Waals surface area contributed by atoms with Crippen LogP contribution < -0.4 is 15.0 Å². The Bertz CT molecular complexity index is 1150. The van der Waals surface area contributed by atoms with Crippen LogP contribution in [0.2, 0.25) is 0 Å². The number of aromatic nitrogens is 3. The molecule has 1 unspecified atom stereocenters. The predicted molar refractivity (Wildman–Crippen MR) is 126 cm³/mol. The van der Waals surface area contributed by atoms with Gasteiger partial charge in [-0.05, 0) is 47.4 Å². The Balaban J connectivity index is 1.07. The smallest absolute Gasteiger partial charge is 0.318 e. The third-order valence-corrected chi connectivity index (χ3v) is 6.47. The highest BCUT2D eigenvalue weighted by Gasteiger charge is 2.55. The lowest BCUT2D eigenvalue weighted by Gasteiger charge is -2.21. The topological polar surface area (TPSA) is 80.2 Å². The zero-order valence-electron chi connectivity index (χ0n) is 18.7. The van der Waals surface area contributed by atoms with Gasteiger partial charge in [0, 0.05) is 38.1 Å². The van der Waals surface area contributed by atoms with Crippen molar-refractivity contribution in [1.82, 2.24) is 20.3 Å². The molecule has 174 valence electrons. The van der Waals surface area contributed by atoms with E-state index >= 15 is 0 Å². The van der Waals surface area contributed by atoms with E-state index in [0.717, 1.165) is 30.6 Å². The Kier molecular flexibility index (Phi) is 6.46. The summed E-state index contributed by atoms with van der Waals surface area (Å²) >= 11 is 0. The number of hydrogen-bond acceptors (Lipinski definition) is 6. The van der Waals surface area contributed by atoms with Gasteiger partial charge >= 0.3 is 6.01 Å². The number of pyridine rings is 1. The van der Waals surface area contributed by atoms with Gasteiger partial charge in [-0.15, -0.1) is 0 Å². The van der Waals surface area contributed by atoms with E-state index in [9.17, 15) is 9.18 Å². The number of hydrogen-bond donors (Lipinski definition) is 1. The molecule has 1 N–H and O–H groups in total. The SMILES string of the molecule is O=C(/C=C/c1cccnc1)NCCC1[C@H]2CN(c3nc(OCc4ccccc4)ncc3F)C[C@@H]12. The zero-order valence-corrected chi connectivity index (χ0v) is 18.7. The molecule has 3 aromatic rings. The summed E-state index contributed by atoms with van der Waals surface area (Å²) in [5.41, 5.74) is 1.89. The number of nitrogens with zero attached hydrogens (tertiary/aromatic N) is 4. The Morgan fingerprint density at radius 2 is 1.97 bits per heavy atom. The molecule has 34 heavy (non-hydrogen) atoms. The first kappa shape index (κ1) is 22.0. The third-order valence-electron chi connectivity index (χ3n) is 6.47. The van der Waals surface area contributed by atoms with Crippen molar-refractivity contribution in [3.05, 3.63) is 84.1 Å². The minimum absolute atomic E-state index is 0.109. The summed E-state index contributed by atoms with van der Waals surface area (Å²) in [5.74, 6) is 1.33. The monoisotopic (exact) mass is 459 g/mol. The summed E-state index contributed by atoms with van der Waals surface area (Å²) < 4.78 is 20.1. The van der Waals surface area contributed by atoms with Crippen molar-refractivity contribution in [3.63, 3.8) is 0 Å². The molecular weight excluding hydrogens is 433 g/mol. The van der Waals surface area contributed by atoms with E-state index in [1.165, 1.54) is 12.3 Å². The number of ether oxygens (including phenoxy) is 1. The quantitative estimate of drug-likeness (QED) is 0.494. The first-order chi connectivity index (χ1) is 16.7. The van der Waals surface area contributed by atoms with Crippen LogP contribution in [0, 0.1) is 23.6 Å². The highest BCUT2D eigenvalue weighted by Crippen LogP contribution is 2.54. The molecule has 1 amide bonds. The first-order valence-electron chi connectivity index (χ1n) is 11.5. The fourth-order valence-electron chi connectivity index (χ4n) is 4.67. The Labute approximate surface area is 197 Å². The van der Waals surface area contributed by atoms with Crippen molar-refractivity contribution in [3.8, 4) is 6.01 Å². The summed E-state index contributed by atoms with van der Waals surface area (Å²) in [4.78, 5) is 26.3. The molecule has 1 aliphatic heterocycles. The van der Waals surface area contributed by atoms with Crippen LogP contribution in [-0.2, 0) is 11.4 Å². The van der Waals surface area contributed by atoms with E-state index in [-0.39, 0.29) is 11.9 Å². The lowest BCUT2D eigenvalue weighted by atomic mass is 10.2. The highest BCUT2D eigenvalue weighted by atomic mass is 19.1. The van der Waals surface area contributed by atoms with Gasteiger partial charge in [-0.1, -0.05) is 36.4 Å². The molecular formula is C26H26FN5O2. The second-order valence-electron chi connectivity index (χ2n) is 8.69. The molecule has 0 spiro atoms. The minimum Gasteiger partial charge on any atom is -0.459 e. The normalized spacial score (nSPS) is 20.9. The van der Waals surface area contributed by atoms with Crippen molar-refractivity contribution in [2.24, 2.45) is 17.8 Å². The number of piperidine rings is 1. The lowest BCUT2D eigenvalue weighted by molar-refractivity contribution is -0.116. The summed E-state index contributed by atoms with van der Waals surface area (Å²) in [7, 11) is 0. The molecule has 5 rings (SSSR count). The molecule has 7 nitrogen and oxygen atoms in total. The fourth-order valence-corrected chi connectivity index (χ4v) is 4.67. The van der Waals surface area contributed by atoms with E-state index in [1.54, 1.807) is 18.5 Å². The molecule has 2 fully saturated rings. The molecule has 3 heterocycles. The maximum atomic E-state index is 14.4. The zero-order chi connectivity index (χ0) is 23.3.